The third-order valence-electron chi connectivity index (χ3n) is 5.83. The molecular weight excluding hydrogens is 519 g/mol. The Morgan fingerprint density at radius 3 is 1.09 bits per heavy atom. The Hall–Kier alpha value is -0.521. The van der Waals surface area contributed by atoms with Crippen LogP contribution in [0.4, 0.5) is 0 Å². The van der Waals surface area contributed by atoms with Crippen LogP contribution < -0.4 is 10.2 Å². The molecule has 0 saturated carbocycles. The van der Waals surface area contributed by atoms with Crippen LogP contribution in [-0.4, -0.2) is 33.1 Å². The molecule has 0 aromatic carbocycles. The molecule has 0 rings (SSSR count). The van der Waals surface area contributed by atoms with Gasteiger partial charge in [-0.2, -0.15) is 0 Å². The van der Waals surface area contributed by atoms with E-state index in [4.69, 9.17) is 0 Å². The van der Waals surface area contributed by atoms with Crippen LogP contribution in [0.2, 0.25) is 8.87 Å². The molecule has 0 atom stereocenters. The first-order valence-electron chi connectivity index (χ1n) is 13.8. The number of carbonyl (C=O) groups is 2. The Kier molecular flexibility index (Phi) is 29.1. The van der Waals surface area contributed by atoms with E-state index in [9.17, 15) is 19.8 Å². The molecule has 0 spiro atoms. The topological polar surface area (TPSA) is 80.3 Å². The summed E-state index contributed by atoms with van der Waals surface area (Å²) < 4.78 is 3.25. The van der Waals surface area contributed by atoms with Gasteiger partial charge in [-0.25, -0.2) is 0 Å². The molecule has 0 amide bonds. The fraction of sp³-hybridized carbons (Fsp3) is 0.857. The Morgan fingerprint density at radius 2 is 0.788 bits per heavy atom. The Labute approximate surface area is 215 Å². The third-order valence-corrected chi connectivity index (χ3v) is 9.87. The number of rotatable bonds is 22. The second kappa shape index (κ2) is 27.7. The van der Waals surface area contributed by atoms with E-state index in [-0.39, 0.29) is 45.1 Å². The van der Waals surface area contributed by atoms with E-state index in [1.165, 1.54) is 38.5 Å². The first kappa shape index (κ1) is 34.6. The average molecular weight is 571 g/mol. The van der Waals surface area contributed by atoms with Gasteiger partial charge < -0.3 is 19.8 Å². The summed E-state index contributed by atoms with van der Waals surface area (Å²) in [5.41, 5.74) is -0.113. The molecule has 33 heavy (non-hydrogen) atoms. The zero-order valence-electron chi connectivity index (χ0n) is 22.3. The van der Waals surface area contributed by atoms with Crippen LogP contribution in [0, 0.1) is 0 Å². The second-order valence-corrected chi connectivity index (χ2v) is 13.3. The van der Waals surface area contributed by atoms with Gasteiger partial charge in [0.1, 0.15) is 0 Å². The molecule has 0 aliphatic rings. The van der Waals surface area contributed by atoms with Crippen LogP contribution >= 0.6 is 0 Å². The fourth-order valence-corrected chi connectivity index (χ4v) is 7.80. The van der Waals surface area contributed by atoms with Gasteiger partial charge in [-0.3, -0.25) is 0 Å². The van der Waals surface area contributed by atoms with Gasteiger partial charge in [0.25, 0.3) is 0 Å². The van der Waals surface area contributed by atoms with Gasteiger partial charge >= 0.3 is 69.5 Å². The summed E-state index contributed by atoms with van der Waals surface area (Å²) in [6.07, 6.45) is 18.7. The van der Waals surface area contributed by atoms with Gasteiger partial charge in [0, 0.05) is 0 Å². The number of carboxylic acid groups (broad SMARTS) is 2. The van der Waals surface area contributed by atoms with Crippen molar-refractivity contribution in [3.63, 3.8) is 0 Å². The number of unbranched alkanes of at least 4 members (excludes halogenated alkanes) is 12. The van der Waals surface area contributed by atoms with E-state index in [0.29, 0.717) is 12.8 Å². The van der Waals surface area contributed by atoms with Gasteiger partial charge in [-0.15, -0.1) is 0 Å². The standard InChI is InChI=1S/C20H36O4.2C4H9.Sn/c1-3-5-7-9-11-13-15-17(19(21)22)18(20(23)24)16-14-12-10-8-6-4-2;2*1-3-4-2;/h3-16H2,1-2H3,(H,21,22)(H,23,24);2*1,3-4H2,2H3;/q;;;+2/p-2/b18-17-;;;. The molecule has 5 heteroatoms. The fourth-order valence-electron chi connectivity index (χ4n) is 3.65. The number of carboxylic acids is 2. The zero-order valence-corrected chi connectivity index (χ0v) is 25.1. The second-order valence-electron chi connectivity index (χ2n) is 9.02. The van der Waals surface area contributed by atoms with E-state index < -0.39 is 11.9 Å². The van der Waals surface area contributed by atoms with E-state index in [1.807, 2.05) is 0 Å². The Bertz CT molecular complexity index is 446. The molecule has 0 N–H and O–H groups in total. The molecule has 0 heterocycles. The van der Waals surface area contributed by atoms with Crippen LogP contribution in [0.1, 0.15) is 143 Å². The monoisotopic (exact) mass is 572 g/mol. The normalized spacial score (nSPS) is 11.3. The first-order valence-corrected chi connectivity index (χ1v) is 17.8. The molecule has 0 radical (unpaired) electrons. The molecule has 0 aliphatic carbocycles. The van der Waals surface area contributed by atoms with Crippen molar-refractivity contribution in [1.82, 2.24) is 0 Å². The number of hydrogen-bond donors (Lipinski definition) is 0. The van der Waals surface area contributed by atoms with Crippen molar-refractivity contribution < 1.29 is 19.8 Å². The molecular formula is C28H52O4Sn. The minimum absolute atomic E-state index is 0.0564. The van der Waals surface area contributed by atoms with Crippen molar-refractivity contribution in [2.75, 3.05) is 0 Å². The van der Waals surface area contributed by atoms with Crippen molar-refractivity contribution in [3.8, 4) is 0 Å². The van der Waals surface area contributed by atoms with Crippen molar-refractivity contribution >= 4 is 33.1 Å². The summed E-state index contributed by atoms with van der Waals surface area (Å²) in [7, 11) is 0. The van der Waals surface area contributed by atoms with Gasteiger partial charge in [-0.05, 0) is 36.8 Å². The first-order chi connectivity index (χ1) is 16.0. The molecule has 192 valence electrons. The quantitative estimate of drug-likeness (QED) is 0.0855. The molecule has 0 saturated heterocycles. The van der Waals surface area contributed by atoms with Crippen LogP contribution in [0.5, 0.6) is 0 Å². The van der Waals surface area contributed by atoms with Crippen LogP contribution in [0.3, 0.4) is 0 Å². The van der Waals surface area contributed by atoms with Crippen LogP contribution in [0.15, 0.2) is 11.1 Å². The van der Waals surface area contributed by atoms with E-state index in [2.05, 4.69) is 27.7 Å². The summed E-state index contributed by atoms with van der Waals surface area (Å²) in [6.45, 7) is 8.87. The predicted molar refractivity (Wildman–Crippen MR) is 138 cm³/mol. The summed E-state index contributed by atoms with van der Waals surface area (Å²) in [5.74, 6) is -2.71. The maximum absolute atomic E-state index is 11.3. The predicted octanol–water partition coefficient (Wildman–Crippen LogP) is 6.41. The molecule has 0 fully saturated rings. The van der Waals surface area contributed by atoms with Crippen molar-refractivity contribution in [2.45, 2.75) is 152 Å². The van der Waals surface area contributed by atoms with Crippen molar-refractivity contribution in [3.05, 3.63) is 11.1 Å². The van der Waals surface area contributed by atoms with Crippen molar-refractivity contribution in [2.24, 2.45) is 0 Å². The average Bonchev–Trinajstić information content (AvgIpc) is 2.79. The summed E-state index contributed by atoms with van der Waals surface area (Å²) in [6, 6.07) is 0. The van der Waals surface area contributed by atoms with Crippen LogP contribution in [0.25, 0.3) is 0 Å². The minimum atomic E-state index is -1.35. The van der Waals surface area contributed by atoms with E-state index in [1.54, 1.807) is 8.87 Å². The molecule has 0 aromatic heterocycles. The maximum atomic E-state index is 11.3. The third kappa shape index (κ3) is 24.4. The van der Waals surface area contributed by atoms with Gasteiger partial charge in [0.05, 0.1) is 11.9 Å². The number of carbonyl (C=O) groups excluding carboxylic acids is 2. The molecule has 4 nitrogen and oxygen atoms in total. The van der Waals surface area contributed by atoms with E-state index in [0.717, 1.165) is 51.4 Å². The van der Waals surface area contributed by atoms with Gasteiger partial charge in [0.2, 0.25) is 0 Å². The molecule has 0 unspecified atom stereocenters. The van der Waals surface area contributed by atoms with Gasteiger partial charge in [0.15, 0.2) is 0 Å². The summed E-state index contributed by atoms with van der Waals surface area (Å²) in [5, 5.41) is 22.7. The SMILES string of the molecule is CCCCCCCC/C(C(=O)[O-])=C(\CCCCCCCC)C(=O)[O-].CCC[CH2][Sn+2][CH2]CCC. The Balaban J connectivity index is 0. The molecule has 0 aromatic rings. The number of hydrogen-bond acceptors (Lipinski definition) is 4. The summed E-state index contributed by atoms with van der Waals surface area (Å²) in [4.78, 5) is 22.7. The zero-order chi connectivity index (χ0) is 25.2. The Morgan fingerprint density at radius 1 is 0.485 bits per heavy atom. The van der Waals surface area contributed by atoms with Crippen molar-refractivity contribution in [1.29, 1.82) is 0 Å². The van der Waals surface area contributed by atoms with Gasteiger partial charge in [-0.1, -0.05) is 78.1 Å². The summed E-state index contributed by atoms with van der Waals surface area (Å²) >= 11 is 0.149. The van der Waals surface area contributed by atoms with Crippen LogP contribution in [-0.2, 0) is 9.59 Å². The molecule has 0 aliphatic heterocycles. The molecule has 0 bridgehead atoms. The number of aliphatic carboxylic acids is 2. The van der Waals surface area contributed by atoms with E-state index >= 15 is 0 Å².